The van der Waals surface area contributed by atoms with Gasteiger partial charge in [-0.2, -0.15) is 0 Å². The Kier molecular flexibility index (Phi) is 9.40. The highest BCUT2D eigenvalue weighted by atomic mass is 127. The van der Waals surface area contributed by atoms with Crippen LogP contribution in [0.4, 0.5) is 5.69 Å². The van der Waals surface area contributed by atoms with Gasteiger partial charge >= 0.3 is 0 Å². The van der Waals surface area contributed by atoms with Crippen molar-refractivity contribution in [2.45, 2.75) is 31.9 Å². The van der Waals surface area contributed by atoms with E-state index in [0.717, 1.165) is 43.2 Å². The van der Waals surface area contributed by atoms with Crippen molar-refractivity contribution in [3.63, 3.8) is 0 Å². The number of aliphatic hydroxyl groups is 1. The van der Waals surface area contributed by atoms with E-state index in [1.54, 1.807) is 18.4 Å². The van der Waals surface area contributed by atoms with Crippen LogP contribution in [0.5, 0.6) is 0 Å². The molecule has 6 nitrogen and oxygen atoms in total. The fourth-order valence-electron chi connectivity index (χ4n) is 3.28. The molecule has 2 atom stereocenters. The Labute approximate surface area is 188 Å². The summed E-state index contributed by atoms with van der Waals surface area (Å²) in [6.45, 7) is 4.87. The number of para-hydroxylation sites is 1. The maximum atomic E-state index is 10.2. The van der Waals surface area contributed by atoms with Gasteiger partial charge in [-0.25, -0.2) is 0 Å². The second kappa shape index (κ2) is 11.5. The number of aliphatic hydroxyl groups excluding tert-OH is 1. The lowest BCUT2D eigenvalue weighted by Gasteiger charge is -2.35. The van der Waals surface area contributed by atoms with Gasteiger partial charge in [-0.3, -0.25) is 4.99 Å². The topological polar surface area (TPSA) is 73.0 Å². The fourth-order valence-corrected chi connectivity index (χ4v) is 3.54. The number of hydrogen-bond donors (Lipinski definition) is 3. The van der Waals surface area contributed by atoms with Crippen molar-refractivity contribution in [2.75, 3.05) is 31.1 Å². The summed E-state index contributed by atoms with van der Waals surface area (Å²) in [6.07, 6.45) is 2.95. The Balaban J connectivity index is 0.00000280. The van der Waals surface area contributed by atoms with Crippen LogP contribution in [-0.4, -0.2) is 43.3 Å². The minimum atomic E-state index is -0.749. The van der Waals surface area contributed by atoms with Crippen LogP contribution in [0, 0.1) is 0 Å². The van der Waals surface area contributed by atoms with E-state index in [1.807, 2.05) is 25.1 Å². The van der Waals surface area contributed by atoms with E-state index < -0.39 is 6.10 Å². The van der Waals surface area contributed by atoms with Crippen LogP contribution in [0.2, 0.25) is 5.02 Å². The average molecular weight is 519 g/mol. The van der Waals surface area contributed by atoms with E-state index in [4.69, 9.17) is 16.0 Å². The van der Waals surface area contributed by atoms with Crippen molar-refractivity contribution in [3.05, 3.63) is 53.4 Å². The molecule has 3 rings (SSSR count). The number of anilines is 1. The maximum absolute atomic E-state index is 10.2. The molecule has 2 aromatic rings. The molecular weight excluding hydrogens is 491 g/mol. The SMILES string of the molecule is CCNC(=NCC(O)c1ccco1)NC1CCCN(c2ccccc2Cl)C1.I. The number of piperidine rings is 1. The molecule has 1 aliphatic rings. The molecule has 2 heterocycles. The van der Waals surface area contributed by atoms with Crippen molar-refractivity contribution in [3.8, 4) is 0 Å². The highest BCUT2D eigenvalue weighted by Gasteiger charge is 2.22. The summed E-state index contributed by atoms with van der Waals surface area (Å²) in [4.78, 5) is 6.83. The van der Waals surface area contributed by atoms with Crippen molar-refractivity contribution in [1.82, 2.24) is 10.6 Å². The molecular formula is C20H28ClIN4O2. The summed E-state index contributed by atoms with van der Waals surface area (Å²) >= 11 is 6.36. The van der Waals surface area contributed by atoms with Gasteiger partial charge in [0.15, 0.2) is 5.96 Å². The number of rotatable bonds is 6. The molecule has 1 aromatic carbocycles. The molecule has 0 radical (unpaired) electrons. The van der Waals surface area contributed by atoms with Crippen LogP contribution >= 0.6 is 35.6 Å². The molecule has 1 aliphatic heterocycles. The largest absolute Gasteiger partial charge is 0.467 e. The van der Waals surface area contributed by atoms with Crippen LogP contribution in [0.15, 0.2) is 52.1 Å². The zero-order valence-corrected chi connectivity index (χ0v) is 19.1. The van der Waals surface area contributed by atoms with Crippen LogP contribution in [0.3, 0.4) is 0 Å². The van der Waals surface area contributed by atoms with Crippen molar-refractivity contribution < 1.29 is 9.52 Å². The first-order valence-electron chi connectivity index (χ1n) is 9.43. The monoisotopic (exact) mass is 518 g/mol. The predicted octanol–water partition coefficient (Wildman–Crippen LogP) is 3.81. The molecule has 1 saturated heterocycles. The van der Waals surface area contributed by atoms with E-state index in [2.05, 4.69) is 26.6 Å². The maximum Gasteiger partial charge on any atom is 0.191 e. The number of guanidine groups is 1. The molecule has 3 N–H and O–H groups in total. The lowest BCUT2D eigenvalue weighted by Crippen LogP contribution is -2.51. The van der Waals surface area contributed by atoms with E-state index >= 15 is 0 Å². The standard InChI is InChI=1S/C20H27ClN4O2.HI/c1-2-22-20(23-13-18(26)19-10-6-12-27-19)24-15-7-5-11-25(14-15)17-9-4-3-8-16(17)21;/h3-4,6,8-10,12,15,18,26H,2,5,7,11,13-14H2,1H3,(H2,22,23,24);1H. The van der Waals surface area contributed by atoms with Gasteiger partial charge in [0.05, 0.1) is 23.5 Å². The minimum Gasteiger partial charge on any atom is -0.467 e. The third-order valence-corrected chi connectivity index (χ3v) is 4.91. The second-order valence-electron chi connectivity index (χ2n) is 6.63. The fraction of sp³-hybridized carbons (Fsp3) is 0.450. The molecule has 0 spiro atoms. The third kappa shape index (κ3) is 6.28. The zero-order valence-electron chi connectivity index (χ0n) is 16.0. The van der Waals surface area contributed by atoms with Gasteiger partial charge in [-0.1, -0.05) is 23.7 Å². The molecule has 0 bridgehead atoms. The Hall–Kier alpha value is -1.45. The first kappa shape index (κ1) is 22.8. The highest BCUT2D eigenvalue weighted by Crippen LogP contribution is 2.27. The molecule has 154 valence electrons. The summed E-state index contributed by atoms with van der Waals surface area (Å²) < 4.78 is 5.23. The van der Waals surface area contributed by atoms with E-state index in [9.17, 15) is 5.11 Å². The number of furan rings is 1. The first-order chi connectivity index (χ1) is 13.2. The summed E-state index contributed by atoms with van der Waals surface area (Å²) in [7, 11) is 0. The van der Waals surface area contributed by atoms with Crippen molar-refractivity contribution in [1.29, 1.82) is 0 Å². The van der Waals surface area contributed by atoms with Crippen LogP contribution in [0.1, 0.15) is 31.6 Å². The van der Waals surface area contributed by atoms with Crippen LogP contribution in [-0.2, 0) is 0 Å². The summed E-state index contributed by atoms with van der Waals surface area (Å²) in [5.41, 5.74) is 1.07. The Morgan fingerprint density at radius 2 is 2.18 bits per heavy atom. The lowest BCUT2D eigenvalue weighted by atomic mass is 10.0. The average Bonchev–Trinajstić information content (AvgIpc) is 3.21. The smallest absolute Gasteiger partial charge is 0.191 e. The number of hydrogen-bond acceptors (Lipinski definition) is 4. The van der Waals surface area contributed by atoms with Crippen molar-refractivity contribution in [2.24, 2.45) is 4.99 Å². The molecule has 1 fully saturated rings. The Morgan fingerprint density at radius 1 is 1.36 bits per heavy atom. The van der Waals surface area contributed by atoms with Gasteiger partial charge in [0.25, 0.3) is 0 Å². The van der Waals surface area contributed by atoms with Gasteiger partial charge in [-0.15, -0.1) is 24.0 Å². The number of nitrogens with one attached hydrogen (secondary N) is 2. The predicted molar refractivity (Wildman–Crippen MR) is 125 cm³/mol. The van der Waals surface area contributed by atoms with Crippen LogP contribution in [0.25, 0.3) is 0 Å². The van der Waals surface area contributed by atoms with Gasteiger partial charge in [0.2, 0.25) is 0 Å². The number of nitrogens with zero attached hydrogens (tertiary/aromatic N) is 2. The zero-order chi connectivity index (χ0) is 19.1. The Morgan fingerprint density at radius 3 is 2.89 bits per heavy atom. The summed E-state index contributed by atoms with van der Waals surface area (Å²) in [5, 5.41) is 17.7. The van der Waals surface area contributed by atoms with Gasteiger partial charge in [0, 0.05) is 25.7 Å². The summed E-state index contributed by atoms with van der Waals surface area (Å²) in [5.74, 6) is 1.23. The molecule has 0 saturated carbocycles. The molecule has 2 unspecified atom stereocenters. The van der Waals surface area contributed by atoms with E-state index in [0.29, 0.717) is 11.7 Å². The normalized spacial score (nSPS) is 18.3. The quantitative estimate of drug-likeness (QED) is 0.308. The van der Waals surface area contributed by atoms with Gasteiger partial charge in [-0.05, 0) is 44.0 Å². The molecule has 28 heavy (non-hydrogen) atoms. The molecule has 0 aliphatic carbocycles. The molecule has 8 heteroatoms. The molecule has 0 amide bonds. The van der Waals surface area contributed by atoms with Gasteiger partial charge < -0.3 is 25.1 Å². The minimum absolute atomic E-state index is 0. The van der Waals surface area contributed by atoms with Crippen molar-refractivity contribution >= 4 is 47.2 Å². The third-order valence-electron chi connectivity index (χ3n) is 4.59. The summed E-state index contributed by atoms with van der Waals surface area (Å²) in [6, 6.07) is 11.7. The van der Waals surface area contributed by atoms with E-state index in [1.165, 1.54) is 0 Å². The number of halogens is 2. The second-order valence-corrected chi connectivity index (χ2v) is 7.04. The number of benzene rings is 1. The van der Waals surface area contributed by atoms with Gasteiger partial charge in [0.1, 0.15) is 11.9 Å². The number of aliphatic imine (C=N–C) groups is 1. The Bertz CT molecular complexity index is 742. The van der Waals surface area contributed by atoms with Crippen LogP contribution < -0.4 is 15.5 Å². The lowest BCUT2D eigenvalue weighted by molar-refractivity contribution is 0.158. The molecule has 1 aromatic heterocycles. The first-order valence-corrected chi connectivity index (χ1v) is 9.81. The van der Waals surface area contributed by atoms with E-state index in [-0.39, 0.29) is 36.6 Å². The highest BCUT2D eigenvalue weighted by molar-refractivity contribution is 14.0.